The molecule has 0 fully saturated rings. The summed E-state index contributed by atoms with van der Waals surface area (Å²) in [7, 11) is 1.62. The largest absolute Gasteiger partial charge is 0.495 e. The summed E-state index contributed by atoms with van der Waals surface area (Å²) in [4.78, 5) is 12.3. The Bertz CT molecular complexity index is 1070. The Hall–Kier alpha value is -3.25. The van der Waals surface area contributed by atoms with E-state index in [4.69, 9.17) is 21.1 Å². The molecule has 0 unspecified atom stereocenters. The third-order valence-corrected chi connectivity index (χ3v) is 4.88. The molecule has 0 aliphatic heterocycles. The van der Waals surface area contributed by atoms with Crippen molar-refractivity contribution in [2.24, 2.45) is 5.10 Å². The van der Waals surface area contributed by atoms with E-state index in [0.29, 0.717) is 22.9 Å². The molecule has 0 spiro atoms. The van der Waals surface area contributed by atoms with Gasteiger partial charge >= 0.3 is 0 Å². The maximum absolute atomic E-state index is 12.3. The number of hydrogen-bond donors (Lipinski definition) is 1. The van der Waals surface area contributed by atoms with Gasteiger partial charge in [-0.2, -0.15) is 5.10 Å². The van der Waals surface area contributed by atoms with E-state index in [1.54, 1.807) is 43.7 Å². The molecular weight excluding hydrogens is 402 g/mol. The lowest BCUT2D eigenvalue weighted by atomic mass is 10.2. The van der Waals surface area contributed by atoms with Gasteiger partial charge in [0.15, 0.2) is 0 Å². The first-order valence-corrected chi connectivity index (χ1v) is 9.91. The summed E-state index contributed by atoms with van der Waals surface area (Å²) >= 11 is 6.19. The highest BCUT2D eigenvalue weighted by atomic mass is 35.5. The van der Waals surface area contributed by atoms with Gasteiger partial charge < -0.3 is 14.0 Å². The first-order valence-electron chi connectivity index (χ1n) is 9.53. The Labute approximate surface area is 181 Å². The van der Waals surface area contributed by atoms with Crippen molar-refractivity contribution in [3.05, 3.63) is 76.1 Å². The van der Waals surface area contributed by atoms with Crippen LogP contribution in [0.5, 0.6) is 11.5 Å². The van der Waals surface area contributed by atoms with Gasteiger partial charge in [-0.25, -0.2) is 5.43 Å². The number of aryl methyl sites for hydroxylation is 1. The highest BCUT2D eigenvalue weighted by molar-refractivity contribution is 6.30. The minimum Gasteiger partial charge on any atom is -0.495 e. The summed E-state index contributed by atoms with van der Waals surface area (Å²) in [6, 6.07) is 14.4. The van der Waals surface area contributed by atoms with E-state index in [-0.39, 0.29) is 5.91 Å². The van der Waals surface area contributed by atoms with Crippen molar-refractivity contribution in [2.75, 3.05) is 13.7 Å². The van der Waals surface area contributed by atoms with Crippen LogP contribution in [0.25, 0.3) is 5.69 Å². The van der Waals surface area contributed by atoms with Crippen molar-refractivity contribution >= 4 is 23.7 Å². The lowest BCUT2D eigenvalue weighted by Crippen LogP contribution is -2.17. The second-order valence-corrected chi connectivity index (χ2v) is 7.07. The molecule has 7 heteroatoms. The van der Waals surface area contributed by atoms with Crippen LogP contribution in [-0.2, 0) is 0 Å². The average Bonchev–Trinajstić information content (AvgIpc) is 3.01. The van der Waals surface area contributed by atoms with Crippen LogP contribution in [0, 0.1) is 13.8 Å². The molecule has 2 aromatic carbocycles. The molecule has 0 aliphatic carbocycles. The predicted octanol–water partition coefficient (Wildman–Crippen LogP) is 4.92. The molecule has 0 atom stereocenters. The quantitative estimate of drug-likeness (QED) is 0.431. The van der Waals surface area contributed by atoms with Crippen LogP contribution in [0.2, 0.25) is 5.02 Å². The number of benzene rings is 2. The van der Waals surface area contributed by atoms with E-state index < -0.39 is 0 Å². The molecule has 0 radical (unpaired) electrons. The summed E-state index contributed by atoms with van der Waals surface area (Å²) in [5.74, 6) is 1.15. The molecule has 3 aromatic rings. The smallest absolute Gasteiger partial charge is 0.271 e. The average molecular weight is 426 g/mol. The van der Waals surface area contributed by atoms with Crippen LogP contribution in [0.4, 0.5) is 0 Å². The van der Waals surface area contributed by atoms with Gasteiger partial charge in [-0.05, 0) is 69.3 Å². The van der Waals surface area contributed by atoms with E-state index in [2.05, 4.69) is 10.5 Å². The zero-order valence-corrected chi connectivity index (χ0v) is 18.2. The predicted molar refractivity (Wildman–Crippen MR) is 119 cm³/mol. The fourth-order valence-electron chi connectivity index (χ4n) is 3.22. The molecule has 0 saturated heterocycles. The van der Waals surface area contributed by atoms with Crippen LogP contribution in [0.15, 0.2) is 53.6 Å². The van der Waals surface area contributed by atoms with Crippen LogP contribution in [-0.4, -0.2) is 30.4 Å². The van der Waals surface area contributed by atoms with E-state index in [1.165, 1.54) is 0 Å². The number of rotatable bonds is 7. The van der Waals surface area contributed by atoms with E-state index >= 15 is 0 Å². The number of methoxy groups -OCH3 is 1. The monoisotopic (exact) mass is 425 g/mol. The van der Waals surface area contributed by atoms with Gasteiger partial charge in [0.25, 0.3) is 5.91 Å². The number of amides is 1. The minimum absolute atomic E-state index is 0.292. The third kappa shape index (κ3) is 4.66. The Morgan fingerprint density at radius 1 is 1.17 bits per heavy atom. The van der Waals surface area contributed by atoms with Crippen LogP contribution >= 0.6 is 11.6 Å². The maximum atomic E-state index is 12.3. The molecule has 1 amide bonds. The zero-order valence-electron chi connectivity index (χ0n) is 17.4. The van der Waals surface area contributed by atoms with E-state index in [1.807, 2.05) is 43.5 Å². The minimum atomic E-state index is -0.292. The first-order chi connectivity index (χ1) is 14.4. The van der Waals surface area contributed by atoms with Crippen molar-refractivity contribution in [1.82, 2.24) is 9.99 Å². The number of carbonyl (C=O) groups is 1. The van der Waals surface area contributed by atoms with Crippen molar-refractivity contribution in [1.29, 1.82) is 0 Å². The fraction of sp³-hybridized carbons (Fsp3) is 0.217. The molecule has 30 heavy (non-hydrogen) atoms. The number of aromatic nitrogens is 1. The standard InChI is InChI=1S/C23H24ClN3O3/c1-5-30-20-9-6-17(7-10-20)23(28)26-25-14-18-12-15(2)27(16(18)3)21-13-19(24)8-11-22(21)29-4/h6-14H,5H2,1-4H3,(H,26,28)/b25-14+. The number of nitrogens with zero attached hydrogens (tertiary/aromatic N) is 2. The van der Waals surface area contributed by atoms with Crippen LogP contribution in [0.1, 0.15) is 34.2 Å². The van der Waals surface area contributed by atoms with Gasteiger partial charge in [-0.3, -0.25) is 4.79 Å². The highest BCUT2D eigenvalue weighted by Gasteiger charge is 2.14. The van der Waals surface area contributed by atoms with Crippen molar-refractivity contribution in [3.63, 3.8) is 0 Å². The second kappa shape index (κ2) is 9.50. The number of ether oxygens (including phenoxy) is 2. The normalized spacial score (nSPS) is 11.0. The summed E-state index contributed by atoms with van der Waals surface area (Å²) in [6.45, 7) is 6.45. The molecule has 0 bridgehead atoms. The molecule has 156 valence electrons. The van der Waals surface area contributed by atoms with Gasteiger partial charge in [0.2, 0.25) is 0 Å². The van der Waals surface area contributed by atoms with Crippen molar-refractivity contribution < 1.29 is 14.3 Å². The molecule has 1 heterocycles. The first kappa shape index (κ1) is 21.5. The number of carbonyl (C=O) groups excluding carboxylic acids is 1. The third-order valence-electron chi connectivity index (χ3n) is 4.65. The van der Waals surface area contributed by atoms with Gasteiger partial charge in [0.05, 0.1) is 25.6 Å². The van der Waals surface area contributed by atoms with Crippen molar-refractivity contribution in [3.8, 4) is 17.2 Å². The molecule has 3 rings (SSSR count). The van der Waals surface area contributed by atoms with Crippen LogP contribution in [0.3, 0.4) is 0 Å². The summed E-state index contributed by atoms with van der Waals surface area (Å²) in [6.07, 6.45) is 1.63. The molecule has 1 aromatic heterocycles. The van der Waals surface area contributed by atoms with E-state index in [9.17, 15) is 4.79 Å². The fourth-order valence-corrected chi connectivity index (χ4v) is 3.39. The SMILES string of the molecule is CCOc1ccc(C(=O)N/N=C/c2cc(C)n(-c3cc(Cl)ccc3OC)c2C)cc1. The number of halogens is 1. The lowest BCUT2D eigenvalue weighted by molar-refractivity contribution is 0.0955. The van der Waals surface area contributed by atoms with Gasteiger partial charge in [-0.15, -0.1) is 0 Å². The lowest BCUT2D eigenvalue weighted by Gasteiger charge is -2.14. The number of hydrazone groups is 1. The molecule has 1 N–H and O–H groups in total. The molecule has 0 saturated carbocycles. The Balaban J connectivity index is 1.78. The Kier molecular flexibility index (Phi) is 6.79. The topological polar surface area (TPSA) is 64.8 Å². The highest BCUT2D eigenvalue weighted by Crippen LogP contribution is 2.30. The summed E-state index contributed by atoms with van der Waals surface area (Å²) < 4.78 is 12.9. The Morgan fingerprint density at radius 3 is 2.57 bits per heavy atom. The van der Waals surface area contributed by atoms with Crippen LogP contribution < -0.4 is 14.9 Å². The summed E-state index contributed by atoms with van der Waals surface area (Å²) in [5, 5.41) is 4.74. The maximum Gasteiger partial charge on any atom is 0.271 e. The molecular formula is C23H24ClN3O3. The second-order valence-electron chi connectivity index (χ2n) is 6.63. The Morgan fingerprint density at radius 2 is 1.90 bits per heavy atom. The number of nitrogens with one attached hydrogen (secondary N) is 1. The molecule has 0 aliphatic rings. The zero-order chi connectivity index (χ0) is 21.7. The van der Waals surface area contributed by atoms with Gasteiger partial charge in [0, 0.05) is 27.5 Å². The number of hydrogen-bond acceptors (Lipinski definition) is 4. The van der Waals surface area contributed by atoms with E-state index in [0.717, 1.165) is 28.4 Å². The van der Waals surface area contributed by atoms with Gasteiger partial charge in [-0.1, -0.05) is 11.6 Å². The summed E-state index contributed by atoms with van der Waals surface area (Å²) in [5.41, 5.74) is 6.73. The van der Waals surface area contributed by atoms with Gasteiger partial charge in [0.1, 0.15) is 11.5 Å². The molecule has 6 nitrogen and oxygen atoms in total. The van der Waals surface area contributed by atoms with Crippen molar-refractivity contribution in [2.45, 2.75) is 20.8 Å².